The Bertz CT molecular complexity index is 657. The number of aliphatic hydroxyl groups is 1. The van der Waals surface area contributed by atoms with Crippen molar-refractivity contribution in [3.63, 3.8) is 0 Å². The van der Waals surface area contributed by atoms with E-state index in [4.69, 9.17) is 5.11 Å². The van der Waals surface area contributed by atoms with Crippen molar-refractivity contribution in [3.8, 4) is 11.8 Å². The van der Waals surface area contributed by atoms with E-state index in [9.17, 15) is 4.79 Å². The van der Waals surface area contributed by atoms with Gasteiger partial charge in [-0.3, -0.25) is 14.9 Å². The predicted molar refractivity (Wildman–Crippen MR) is 75.0 cm³/mol. The third-order valence-electron chi connectivity index (χ3n) is 2.65. The molecule has 2 heterocycles. The van der Waals surface area contributed by atoms with Crippen molar-refractivity contribution in [2.45, 2.75) is 13.0 Å². The van der Waals surface area contributed by atoms with Crippen LogP contribution in [0.15, 0.2) is 24.8 Å². The summed E-state index contributed by atoms with van der Waals surface area (Å²) in [5, 5.41) is 15.1. The minimum Gasteiger partial charge on any atom is -0.395 e. The molecule has 0 aromatic carbocycles. The molecule has 7 nitrogen and oxygen atoms in total. The van der Waals surface area contributed by atoms with E-state index in [-0.39, 0.29) is 12.5 Å². The van der Waals surface area contributed by atoms with Gasteiger partial charge >= 0.3 is 0 Å². The molecule has 0 unspecified atom stereocenters. The molecule has 0 aliphatic rings. The molecule has 2 N–H and O–H groups in total. The van der Waals surface area contributed by atoms with Crippen LogP contribution in [0.3, 0.4) is 0 Å². The van der Waals surface area contributed by atoms with Crippen molar-refractivity contribution < 1.29 is 9.90 Å². The number of nitrogens with one attached hydrogen (secondary N) is 1. The second-order valence-electron chi connectivity index (χ2n) is 4.33. The summed E-state index contributed by atoms with van der Waals surface area (Å²) in [7, 11) is 1.68. The van der Waals surface area contributed by atoms with Gasteiger partial charge in [-0.15, -0.1) is 0 Å². The SMILES string of the molecule is CN(Cc1ncn[nH]1)C(=O)c1cncc(C#CCCO)c1. The average molecular weight is 285 g/mol. The molecule has 0 bridgehead atoms. The molecule has 0 radical (unpaired) electrons. The number of hydrogen-bond donors (Lipinski definition) is 2. The summed E-state index contributed by atoms with van der Waals surface area (Å²) >= 11 is 0. The van der Waals surface area contributed by atoms with Crippen LogP contribution in [0.4, 0.5) is 0 Å². The van der Waals surface area contributed by atoms with Crippen molar-refractivity contribution >= 4 is 5.91 Å². The second-order valence-corrected chi connectivity index (χ2v) is 4.33. The lowest BCUT2D eigenvalue weighted by Crippen LogP contribution is -2.26. The molecular weight excluding hydrogens is 270 g/mol. The number of aromatic nitrogens is 4. The lowest BCUT2D eigenvalue weighted by atomic mass is 10.2. The fourth-order valence-electron chi connectivity index (χ4n) is 1.67. The summed E-state index contributed by atoms with van der Waals surface area (Å²) < 4.78 is 0. The molecule has 0 aliphatic carbocycles. The Balaban J connectivity index is 2.08. The standard InChI is InChI=1S/C14H15N5O2/c1-19(9-13-16-10-17-18-13)14(21)12-6-11(7-15-8-12)4-2-3-5-20/h6-8,10,20H,3,5,9H2,1H3,(H,16,17,18). The molecule has 108 valence electrons. The van der Waals surface area contributed by atoms with Crippen molar-refractivity contribution in [3.05, 3.63) is 41.7 Å². The molecule has 0 aliphatic heterocycles. The van der Waals surface area contributed by atoms with Gasteiger partial charge in [0.05, 0.1) is 18.7 Å². The van der Waals surface area contributed by atoms with Gasteiger partial charge in [0.2, 0.25) is 0 Å². The molecule has 0 saturated heterocycles. The Labute approximate surface area is 122 Å². The van der Waals surface area contributed by atoms with E-state index >= 15 is 0 Å². The van der Waals surface area contributed by atoms with Crippen molar-refractivity contribution in [2.24, 2.45) is 0 Å². The zero-order valence-electron chi connectivity index (χ0n) is 11.6. The molecule has 2 aromatic heterocycles. The smallest absolute Gasteiger partial charge is 0.255 e. The summed E-state index contributed by atoms with van der Waals surface area (Å²) in [6, 6.07) is 1.68. The number of aromatic amines is 1. The van der Waals surface area contributed by atoms with Crippen LogP contribution in [-0.2, 0) is 6.54 Å². The topological polar surface area (TPSA) is 95.0 Å². The van der Waals surface area contributed by atoms with Gasteiger partial charge in [0.25, 0.3) is 5.91 Å². The molecule has 0 fully saturated rings. The van der Waals surface area contributed by atoms with Crippen LogP contribution in [0.25, 0.3) is 0 Å². The van der Waals surface area contributed by atoms with E-state index in [1.807, 2.05) is 0 Å². The number of H-pyrrole nitrogens is 1. The van der Waals surface area contributed by atoms with Crippen LogP contribution in [0.2, 0.25) is 0 Å². The zero-order chi connectivity index (χ0) is 15.1. The number of amides is 1. The maximum absolute atomic E-state index is 12.3. The highest BCUT2D eigenvalue weighted by Gasteiger charge is 2.13. The molecule has 2 aromatic rings. The molecule has 2 rings (SSSR count). The first kappa shape index (κ1) is 14.7. The maximum atomic E-state index is 12.3. The van der Waals surface area contributed by atoms with Crippen LogP contribution in [-0.4, -0.2) is 49.7 Å². The summed E-state index contributed by atoms with van der Waals surface area (Å²) in [5.74, 6) is 6.08. The Morgan fingerprint density at radius 3 is 3.05 bits per heavy atom. The third-order valence-corrected chi connectivity index (χ3v) is 2.65. The zero-order valence-corrected chi connectivity index (χ0v) is 11.6. The molecule has 0 saturated carbocycles. The number of hydrogen-bond acceptors (Lipinski definition) is 5. The summed E-state index contributed by atoms with van der Waals surface area (Å²) in [5.41, 5.74) is 1.09. The van der Waals surface area contributed by atoms with Gasteiger partial charge in [-0.05, 0) is 6.07 Å². The Hall–Kier alpha value is -2.72. The molecule has 1 amide bonds. The van der Waals surface area contributed by atoms with Gasteiger partial charge in [-0.1, -0.05) is 11.8 Å². The first-order chi connectivity index (χ1) is 10.2. The van der Waals surface area contributed by atoms with E-state index in [1.165, 1.54) is 17.4 Å². The van der Waals surface area contributed by atoms with Gasteiger partial charge < -0.3 is 10.0 Å². The number of pyridine rings is 1. The summed E-state index contributed by atoms with van der Waals surface area (Å²) in [6.07, 6.45) is 4.87. The third kappa shape index (κ3) is 4.12. The Kier molecular flexibility index (Phi) is 5.01. The highest BCUT2D eigenvalue weighted by Crippen LogP contribution is 2.07. The van der Waals surface area contributed by atoms with Gasteiger partial charge in [-0.2, -0.15) is 5.10 Å². The van der Waals surface area contributed by atoms with E-state index in [1.54, 1.807) is 19.3 Å². The minimum absolute atomic E-state index is 0.0129. The van der Waals surface area contributed by atoms with Crippen molar-refractivity contribution in [2.75, 3.05) is 13.7 Å². The first-order valence-electron chi connectivity index (χ1n) is 6.35. The van der Waals surface area contributed by atoms with Crippen LogP contribution in [0.5, 0.6) is 0 Å². The number of aliphatic hydroxyl groups excluding tert-OH is 1. The fraction of sp³-hybridized carbons (Fsp3) is 0.286. The highest BCUT2D eigenvalue weighted by atomic mass is 16.2. The van der Waals surface area contributed by atoms with Crippen molar-refractivity contribution in [1.82, 2.24) is 25.1 Å². The molecule has 0 atom stereocenters. The normalized spacial score (nSPS) is 9.81. The number of nitrogens with zero attached hydrogens (tertiary/aromatic N) is 4. The molecule has 7 heteroatoms. The van der Waals surface area contributed by atoms with Gasteiger partial charge in [0.15, 0.2) is 0 Å². The molecule has 21 heavy (non-hydrogen) atoms. The molecular formula is C14H15N5O2. The average Bonchev–Trinajstić information content (AvgIpc) is 3.00. The maximum Gasteiger partial charge on any atom is 0.255 e. The van der Waals surface area contributed by atoms with Crippen LogP contribution in [0.1, 0.15) is 28.2 Å². The van der Waals surface area contributed by atoms with E-state index in [0.29, 0.717) is 29.9 Å². The second kappa shape index (κ2) is 7.17. The quantitative estimate of drug-likeness (QED) is 0.783. The first-order valence-corrected chi connectivity index (χ1v) is 6.35. The lowest BCUT2D eigenvalue weighted by molar-refractivity contribution is 0.0781. The monoisotopic (exact) mass is 285 g/mol. The highest BCUT2D eigenvalue weighted by molar-refractivity contribution is 5.94. The van der Waals surface area contributed by atoms with Gasteiger partial charge in [-0.25, -0.2) is 4.98 Å². The lowest BCUT2D eigenvalue weighted by Gasteiger charge is -2.15. The Morgan fingerprint density at radius 2 is 2.33 bits per heavy atom. The van der Waals surface area contributed by atoms with Crippen LogP contribution in [0, 0.1) is 11.8 Å². The van der Waals surface area contributed by atoms with E-state index < -0.39 is 0 Å². The summed E-state index contributed by atoms with van der Waals surface area (Å²) in [4.78, 5) is 21.8. The fourth-order valence-corrected chi connectivity index (χ4v) is 1.67. The summed E-state index contributed by atoms with van der Waals surface area (Å²) in [6.45, 7) is 0.345. The largest absolute Gasteiger partial charge is 0.395 e. The van der Waals surface area contributed by atoms with E-state index in [2.05, 4.69) is 32.0 Å². The van der Waals surface area contributed by atoms with Gasteiger partial charge in [0, 0.05) is 31.4 Å². The molecule has 0 spiro atoms. The van der Waals surface area contributed by atoms with Gasteiger partial charge in [0.1, 0.15) is 12.2 Å². The van der Waals surface area contributed by atoms with Crippen LogP contribution >= 0.6 is 0 Å². The number of carbonyl (C=O) groups excluding carboxylic acids is 1. The Morgan fingerprint density at radius 1 is 1.48 bits per heavy atom. The van der Waals surface area contributed by atoms with Crippen LogP contribution < -0.4 is 0 Å². The number of rotatable bonds is 4. The van der Waals surface area contributed by atoms with Crippen molar-refractivity contribution in [1.29, 1.82) is 0 Å². The minimum atomic E-state index is -0.176. The number of carbonyl (C=O) groups is 1. The van der Waals surface area contributed by atoms with E-state index in [0.717, 1.165) is 0 Å². The predicted octanol–water partition coefficient (Wildman–Crippen LogP) is 0.206.